The van der Waals surface area contributed by atoms with E-state index in [0.29, 0.717) is 17.8 Å². The molecule has 0 fully saturated rings. The van der Waals surface area contributed by atoms with Crippen LogP contribution in [0.3, 0.4) is 0 Å². The molecule has 0 saturated heterocycles. The molecule has 33 heavy (non-hydrogen) atoms. The summed E-state index contributed by atoms with van der Waals surface area (Å²) in [5.74, 6) is 0.266. The van der Waals surface area contributed by atoms with Gasteiger partial charge in [-0.05, 0) is 51.5 Å². The van der Waals surface area contributed by atoms with Gasteiger partial charge in [0, 0.05) is 17.9 Å². The Morgan fingerprint density at radius 2 is 1.76 bits per heavy atom. The summed E-state index contributed by atoms with van der Waals surface area (Å²) < 4.78 is 39.4. The Balaban J connectivity index is 2.03. The van der Waals surface area contributed by atoms with E-state index in [0.717, 1.165) is 6.07 Å². The first-order valence-corrected chi connectivity index (χ1v) is 10.3. The number of aromatic nitrogens is 5. The normalized spacial score (nSPS) is 13.3. The minimum absolute atomic E-state index is 0.0218. The standard InChI is InChI=1S/C22H23F3N8/c1-5-21(4,12-26)17-11-14(9-10-27-17)29-20-32-18(31-19(33-20)28-13(2)3)15-7-6-8-16(30-15)22(23,24)25/h6-11,13H,5H2,1-4H3,(H2,27,28,29,31,32,33). The van der Waals surface area contributed by atoms with Crippen molar-refractivity contribution in [2.45, 2.75) is 51.7 Å². The molecule has 0 bridgehead atoms. The van der Waals surface area contributed by atoms with Gasteiger partial charge in [-0.2, -0.15) is 33.4 Å². The minimum Gasteiger partial charge on any atom is -0.352 e. The largest absolute Gasteiger partial charge is 0.433 e. The van der Waals surface area contributed by atoms with Crippen LogP contribution < -0.4 is 10.6 Å². The van der Waals surface area contributed by atoms with E-state index in [-0.39, 0.29) is 29.5 Å². The molecular formula is C22H23F3N8. The van der Waals surface area contributed by atoms with Crippen molar-refractivity contribution in [1.82, 2.24) is 24.9 Å². The Bertz CT molecular complexity index is 1170. The summed E-state index contributed by atoms with van der Waals surface area (Å²) in [6.07, 6.45) is -2.46. The molecule has 1 atom stereocenters. The summed E-state index contributed by atoms with van der Waals surface area (Å²) in [5.41, 5.74) is -0.705. The number of pyridine rings is 2. The highest BCUT2D eigenvalue weighted by atomic mass is 19.4. The van der Waals surface area contributed by atoms with Crippen molar-refractivity contribution in [2.75, 3.05) is 10.6 Å². The third-order valence-electron chi connectivity index (χ3n) is 4.86. The van der Waals surface area contributed by atoms with E-state index in [1.807, 2.05) is 20.8 Å². The maximum Gasteiger partial charge on any atom is 0.433 e. The van der Waals surface area contributed by atoms with Gasteiger partial charge in [0.05, 0.1) is 17.2 Å². The fourth-order valence-electron chi connectivity index (χ4n) is 2.84. The van der Waals surface area contributed by atoms with Crippen molar-refractivity contribution in [1.29, 1.82) is 5.26 Å². The predicted molar refractivity (Wildman–Crippen MR) is 118 cm³/mol. The van der Waals surface area contributed by atoms with Crippen LogP contribution >= 0.6 is 0 Å². The van der Waals surface area contributed by atoms with Gasteiger partial charge in [-0.1, -0.05) is 13.0 Å². The molecule has 2 N–H and O–H groups in total. The molecule has 11 heteroatoms. The van der Waals surface area contributed by atoms with Crippen LogP contribution in [0, 0.1) is 11.3 Å². The average Bonchev–Trinajstić information content (AvgIpc) is 2.77. The molecule has 0 aliphatic rings. The molecule has 0 aliphatic carbocycles. The summed E-state index contributed by atoms with van der Waals surface area (Å²) >= 11 is 0. The van der Waals surface area contributed by atoms with Crippen molar-refractivity contribution < 1.29 is 13.2 Å². The highest BCUT2D eigenvalue weighted by Gasteiger charge is 2.32. The van der Waals surface area contributed by atoms with Crippen LogP contribution in [0.2, 0.25) is 0 Å². The van der Waals surface area contributed by atoms with Crippen molar-refractivity contribution in [3.63, 3.8) is 0 Å². The van der Waals surface area contributed by atoms with Crippen LogP contribution in [0.15, 0.2) is 36.5 Å². The average molecular weight is 456 g/mol. The first-order chi connectivity index (χ1) is 15.5. The second-order valence-electron chi connectivity index (χ2n) is 7.86. The minimum atomic E-state index is -4.59. The van der Waals surface area contributed by atoms with Crippen LogP contribution in [-0.4, -0.2) is 31.0 Å². The molecule has 172 valence electrons. The Morgan fingerprint density at radius 1 is 1.03 bits per heavy atom. The maximum atomic E-state index is 13.1. The van der Waals surface area contributed by atoms with Crippen LogP contribution in [0.5, 0.6) is 0 Å². The van der Waals surface area contributed by atoms with Gasteiger partial charge in [0.15, 0.2) is 5.82 Å². The molecule has 8 nitrogen and oxygen atoms in total. The van der Waals surface area contributed by atoms with E-state index in [2.05, 4.69) is 41.6 Å². The van der Waals surface area contributed by atoms with Gasteiger partial charge >= 0.3 is 6.18 Å². The van der Waals surface area contributed by atoms with Gasteiger partial charge < -0.3 is 10.6 Å². The number of rotatable bonds is 7. The van der Waals surface area contributed by atoms with Gasteiger partial charge in [0.1, 0.15) is 11.4 Å². The highest BCUT2D eigenvalue weighted by molar-refractivity contribution is 5.59. The van der Waals surface area contributed by atoms with Gasteiger partial charge in [0.2, 0.25) is 11.9 Å². The molecule has 0 saturated carbocycles. The summed E-state index contributed by atoms with van der Waals surface area (Å²) in [4.78, 5) is 20.8. The lowest BCUT2D eigenvalue weighted by atomic mass is 9.85. The number of alkyl halides is 3. The SMILES string of the molecule is CCC(C)(C#N)c1cc(Nc2nc(NC(C)C)nc(-c3cccc(C(F)(F)F)n3)n2)ccn1. The summed E-state index contributed by atoms with van der Waals surface area (Å²) in [6, 6.07) is 9.17. The van der Waals surface area contributed by atoms with Gasteiger partial charge in [-0.25, -0.2) is 4.98 Å². The first kappa shape index (κ1) is 23.8. The van der Waals surface area contributed by atoms with Crippen LogP contribution in [0.1, 0.15) is 45.5 Å². The maximum absolute atomic E-state index is 13.1. The molecule has 3 aromatic heterocycles. The fourth-order valence-corrected chi connectivity index (χ4v) is 2.84. The summed E-state index contributed by atoms with van der Waals surface area (Å²) in [5, 5.41) is 15.6. The lowest BCUT2D eigenvalue weighted by Crippen LogP contribution is -2.20. The topological polar surface area (TPSA) is 112 Å². The Morgan fingerprint density at radius 3 is 2.39 bits per heavy atom. The fraction of sp³-hybridized carbons (Fsp3) is 0.364. The first-order valence-electron chi connectivity index (χ1n) is 10.3. The van der Waals surface area contributed by atoms with E-state index >= 15 is 0 Å². The lowest BCUT2D eigenvalue weighted by Gasteiger charge is -2.19. The summed E-state index contributed by atoms with van der Waals surface area (Å²) in [6.45, 7) is 7.45. The van der Waals surface area contributed by atoms with E-state index in [1.165, 1.54) is 12.1 Å². The van der Waals surface area contributed by atoms with Crippen molar-refractivity contribution >= 4 is 17.6 Å². The number of hydrogen-bond donors (Lipinski definition) is 2. The zero-order valence-corrected chi connectivity index (χ0v) is 18.6. The quantitative estimate of drug-likeness (QED) is 0.505. The molecule has 0 aromatic carbocycles. The smallest absolute Gasteiger partial charge is 0.352 e. The number of hydrogen-bond acceptors (Lipinski definition) is 8. The van der Waals surface area contributed by atoms with Crippen LogP contribution in [-0.2, 0) is 11.6 Å². The molecule has 1 unspecified atom stereocenters. The third-order valence-corrected chi connectivity index (χ3v) is 4.86. The molecule has 0 radical (unpaired) electrons. The van der Waals surface area contributed by atoms with Gasteiger partial charge in [-0.3, -0.25) is 4.98 Å². The van der Waals surface area contributed by atoms with Crippen LogP contribution in [0.4, 0.5) is 30.8 Å². The van der Waals surface area contributed by atoms with Crippen molar-refractivity contribution in [3.05, 3.63) is 47.9 Å². The summed E-state index contributed by atoms with van der Waals surface area (Å²) in [7, 11) is 0. The molecule has 0 aliphatic heterocycles. The molecule has 3 heterocycles. The zero-order valence-electron chi connectivity index (χ0n) is 18.6. The zero-order chi connectivity index (χ0) is 24.2. The molecule has 0 amide bonds. The van der Waals surface area contributed by atoms with E-state index in [4.69, 9.17) is 0 Å². The number of nitrogens with zero attached hydrogens (tertiary/aromatic N) is 6. The number of halogens is 3. The number of anilines is 3. The number of nitrogens with one attached hydrogen (secondary N) is 2. The number of nitriles is 1. The Labute approximate surface area is 189 Å². The lowest BCUT2D eigenvalue weighted by molar-refractivity contribution is -0.141. The predicted octanol–water partition coefficient (Wildman–Crippen LogP) is 5.10. The second kappa shape index (κ2) is 9.36. The van der Waals surface area contributed by atoms with E-state index < -0.39 is 17.3 Å². The highest BCUT2D eigenvalue weighted by Crippen LogP contribution is 2.30. The van der Waals surface area contributed by atoms with Gasteiger partial charge in [0.25, 0.3) is 0 Å². The molecule has 3 aromatic rings. The second-order valence-corrected chi connectivity index (χ2v) is 7.86. The Hall–Kier alpha value is -3.81. The van der Waals surface area contributed by atoms with E-state index in [9.17, 15) is 18.4 Å². The molecule has 3 rings (SSSR count). The molecule has 0 spiro atoms. The van der Waals surface area contributed by atoms with Crippen molar-refractivity contribution in [2.24, 2.45) is 0 Å². The van der Waals surface area contributed by atoms with Gasteiger partial charge in [-0.15, -0.1) is 0 Å². The Kier molecular flexibility index (Phi) is 6.76. The molecular weight excluding hydrogens is 433 g/mol. The monoisotopic (exact) mass is 456 g/mol. The van der Waals surface area contributed by atoms with Crippen LogP contribution in [0.25, 0.3) is 11.5 Å². The van der Waals surface area contributed by atoms with Crippen molar-refractivity contribution in [3.8, 4) is 17.6 Å². The third kappa shape index (κ3) is 5.71. The van der Waals surface area contributed by atoms with E-state index in [1.54, 1.807) is 25.3 Å².